The average Bonchev–Trinajstić information content (AvgIpc) is 3.21. The van der Waals surface area contributed by atoms with Crippen LogP contribution in [0.25, 0.3) is 22.0 Å². The van der Waals surface area contributed by atoms with Crippen LogP contribution in [0.5, 0.6) is 0 Å². The van der Waals surface area contributed by atoms with Crippen molar-refractivity contribution in [1.82, 2.24) is 4.98 Å². The molecule has 0 saturated carbocycles. The minimum absolute atomic E-state index is 0.125. The van der Waals surface area contributed by atoms with Gasteiger partial charge >= 0.3 is 0 Å². The van der Waals surface area contributed by atoms with Crippen LogP contribution in [-0.4, -0.2) is 88.4 Å². The number of aromatic amines is 1. The van der Waals surface area contributed by atoms with E-state index in [1.54, 1.807) is 0 Å². The molecule has 6 aromatic rings. The van der Waals surface area contributed by atoms with Gasteiger partial charge in [-0.15, -0.1) is 0 Å². The lowest BCUT2D eigenvalue weighted by molar-refractivity contribution is 0.0979. The fourth-order valence-electron chi connectivity index (χ4n) is 7.13. The highest BCUT2D eigenvalue weighted by molar-refractivity contribution is 7.91. The molecule has 1 aliphatic carbocycles. The first-order valence-electron chi connectivity index (χ1n) is 17.9. The van der Waals surface area contributed by atoms with Crippen molar-refractivity contribution in [2.45, 2.75) is 37.3 Å². The van der Waals surface area contributed by atoms with Crippen LogP contribution in [0.3, 0.4) is 0 Å². The van der Waals surface area contributed by atoms with Gasteiger partial charge in [-0.1, -0.05) is 48.5 Å². The molecule has 7 rings (SSSR count). The number of fused-ring (bicyclic) bond motifs is 2. The second kappa shape index (κ2) is 16.1. The van der Waals surface area contributed by atoms with Crippen molar-refractivity contribution in [3.63, 3.8) is 0 Å². The maximum Gasteiger partial charge on any atom is 0.296 e. The van der Waals surface area contributed by atoms with E-state index in [1.807, 2.05) is 0 Å². The molecule has 0 unspecified atom stereocenters. The Kier molecular flexibility index (Phi) is 11.5. The average molecular weight is 973 g/mol. The summed E-state index contributed by atoms with van der Waals surface area (Å²) >= 11 is 0. The van der Waals surface area contributed by atoms with Crippen LogP contribution in [0.1, 0.15) is 55.0 Å². The Balaban J connectivity index is 1.39. The number of rotatable bonds is 14. The van der Waals surface area contributed by atoms with Crippen LogP contribution in [0.15, 0.2) is 126 Å². The first-order valence-corrected chi connectivity index (χ1v) is 25.3. The van der Waals surface area contributed by atoms with Crippen molar-refractivity contribution in [2.75, 3.05) is 11.1 Å². The van der Waals surface area contributed by atoms with E-state index in [9.17, 15) is 79.5 Å². The molecular weight excluding hydrogens is 945 g/mol. The van der Waals surface area contributed by atoms with E-state index in [1.165, 1.54) is 36.4 Å². The maximum atomic E-state index is 14.5. The van der Waals surface area contributed by atoms with Crippen LogP contribution in [0, 0.1) is 0 Å². The Morgan fingerprint density at radius 3 is 1.73 bits per heavy atom. The van der Waals surface area contributed by atoms with Gasteiger partial charge in [-0.3, -0.25) is 37.4 Å². The molecule has 0 saturated heterocycles. The van der Waals surface area contributed by atoms with Crippen molar-refractivity contribution in [3.05, 3.63) is 135 Å². The smallest absolute Gasteiger partial charge is 0.296 e. The first-order chi connectivity index (χ1) is 29.7. The minimum atomic E-state index is -5.43. The van der Waals surface area contributed by atoms with E-state index in [0.717, 1.165) is 42.5 Å². The SMILES string of the molecule is O=C(CCCS(=O)(=O)c1ccc(S(=O)(=O)O)c(Nc2cc(S(=O)(=O)O)c3[nH]c(=O)c(C(=O)c4cccc(S(=O)(=O)O)c4)c4c3c2C(=O)c2ccccc2-4)c1)c1cccc(S(=O)(=O)O)c1. The van der Waals surface area contributed by atoms with Gasteiger partial charge in [-0.2, -0.15) is 33.7 Å². The first kappa shape index (κ1) is 45.7. The van der Waals surface area contributed by atoms with Gasteiger partial charge in [0.1, 0.15) is 9.79 Å². The summed E-state index contributed by atoms with van der Waals surface area (Å²) in [5, 5.41) is 1.96. The lowest BCUT2D eigenvalue weighted by Gasteiger charge is -2.25. The third-order valence-corrected chi connectivity index (χ3v) is 15.2. The molecular formula is C39H28N2O18S5. The molecule has 0 fully saturated rings. The molecule has 20 nitrogen and oxygen atoms in total. The van der Waals surface area contributed by atoms with Gasteiger partial charge in [0.15, 0.2) is 27.2 Å². The van der Waals surface area contributed by atoms with Crippen molar-refractivity contribution < 1.29 is 74.7 Å². The normalized spacial score (nSPS) is 13.1. The summed E-state index contributed by atoms with van der Waals surface area (Å²) in [7, 11) is -24.7. The molecule has 1 aromatic heterocycles. The highest BCUT2D eigenvalue weighted by Gasteiger charge is 2.36. The quantitative estimate of drug-likeness (QED) is 0.0658. The number of carbonyl (C=O) groups is 3. The number of benzene rings is 5. The van der Waals surface area contributed by atoms with Crippen LogP contribution < -0.4 is 10.9 Å². The summed E-state index contributed by atoms with van der Waals surface area (Å²) in [4.78, 5) is 53.5. The molecule has 1 aliphatic rings. The number of nitrogens with one attached hydrogen (secondary N) is 2. The molecule has 1 heterocycles. The highest BCUT2D eigenvalue weighted by Crippen LogP contribution is 2.46. The Morgan fingerprint density at radius 2 is 1.14 bits per heavy atom. The van der Waals surface area contributed by atoms with E-state index < -0.39 is 154 Å². The van der Waals surface area contributed by atoms with Crippen molar-refractivity contribution in [1.29, 1.82) is 0 Å². The fraction of sp³-hybridized carbons (Fsp3) is 0.0769. The molecule has 0 atom stereocenters. The van der Waals surface area contributed by atoms with Gasteiger partial charge in [0, 0.05) is 34.1 Å². The van der Waals surface area contributed by atoms with Gasteiger partial charge in [-0.25, -0.2) is 8.42 Å². The lowest BCUT2D eigenvalue weighted by Crippen LogP contribution is -2.25. The summed E-state index contributed by atoms with van der Waals surface area (Å²) in [6, 6.07) is 16.3. The van der Waals surface area contributed by atoms with Gasteiger partial charge in [0.25, 0.3) is 46.0 Å². The number of hydrogen-bond acceptors (Lipinski definition) is 15. The summed E-state index contributed by atoms with van der Waals surface area (Å²) in [6.45, 7) is 0. The van der Waals surface area contributed by atoms with Crippen LogP contribution in [0.2, 0.25) is 0 Å². The van der Waals surface area contributed by atoms with E-state index in [-0.39, 0.29) is 23.1 Å². The Hall–Kier alpha value is -6.29. The number of pyridine rings is 1. The van der Waals surface area contributed by atoms with Gasteiger partial charge < -0.3 is 10.3 Å². The molecule has 64 heavy (non-hydrogen) atoms. The van der Waals surface area contributed by atoms with Crippen LogP contribution >= 0.6 is 0 Å². The van der Waals surface area contributed by atoms with Crippen molar-refractivity contribution in [2.24, 2.45) is 0 Å². The number of H-pyrrole nitrogens is 1. The van der Waals surface area contributed by atoms with Gasteiger partial charge in [0.2, 0.25) is 0 Å². The van der Waals surface area contributed by atoms with E-state index in [4.69, 9.17) is 0 Å². The Morgan fingerprint density at radius 1 is 0.562 bits per heavy atom. The van der Waals surface area contributed by atoms with E-state index in [2.05, 4.69) is 10.3 Å². The zero-order valence-corrected chi connectivity index (χ0v) is 36.0. The Bertz CT molecular complexity index is 3710. The van der Waals surface area contributed by atoms with Crippen molar-refractivity contribution in [3.8, 4) is 11.1 Å². The molecule has 0 bridgehead atoms. The van der Waals surface area contributed by atoms with Crippen molar-refractivity contribution >= 4 is 89.9 Å². The molecule has 6 N–H and O–H groups in total. The molecule has 5 aromatic carbocycles. The summed E-state index contributed by atoms with van der Waals surface area (Å²) in [6.07, 6.45) is -0.825. The van der Waals surface area contributed by atoms with Crippen LogP contribution in [0.4, 0.5) is 11.4 Å². The number of Topliss-reactive ketones (excluding diaryl/α,β-unsaturated/α-hetero) is 1. The zero-order chi connectivity index (χ0) is 46.9. The monoisotopic (exact) mass is 972 g/mol. The second-order valence-electron chi connectivity index (χ2n) is 14.0. The summed E-state index contributed by atoms with van der Waals surface area (Å²) in [5.74, 6) is -3.61. The van der Waals surface area contributed by atoms with Crippen LogP contribution in [-0.2, 0) is 50.3 Å². The largest absolute Gasteiger partial charge is 0.354 e. The molecule has 25 heteroatoms. The van der Waals surface area contributed by atoms with E-state index >= 15 is 0 Å². The van der Waals surface area contributed by atoms with E-state index in [0.29, 0.717) is 18.2 Å². The predicted octanol–water partition coefficient (Wildman–Crippen LogP) is 4.14. The third-order valence-electron chi connectivity index (χ3n) is 9.95. The standard InChI is InChI=1S/C39H28N2O18S5/c42-29(20-6-3-8-23(16-20)61(48,49)50)12-5-15-60(46,47)22-13-14-30(63(54,55)56)27(18-22)40-28-19-31(64(57,58)59)36-34-32(25-10-1-2-11-26(25)38(44)33(28)34)35(39(45)41-36)37(43)21-7-4-9-24(17-21)62(51,52)53/h1-4,6-11,13-14,16-19,40H,5,12,15H2,(H,41,45)(H,48,49,50)(H,51,52,53)(H,54,55,56)(H,57,58,59). The molecule has 0 aliphatic heterocycles. The fourth-order valence-corrected chi connectivity index (χ4v) is 10.8. The highest BCUT2D eigenvalue weighted by atomic mass is 32.2. The van der Waals surface area contributed by atoms with Gasteiger partial charge in [0.05, 0.1) is 48.5 Å². The number of anilines is 2. The maximum absolute atomic E-state index is 14.5. The number of carbonyl (C=O) groups excluding carboxylic acids is 3. The number of sulfone groups is 1. The van der Waals surface area contributed by atoms with Gasteiger partial charge in [-0.05, 0) is 60.5 Å². The third kappa shape index (κ3) is 8.67. The second-order valence-corrected chi connectivity index (χ2v) is 21.8. The minimum Gasteiger partial charge on any atom is -0.354 e. The topological polar surface area (TPSA) is 348 Å². The zero-order valence-electron chi connectivity index (χ0n) is 31.9. The summed E-state index contributed by atoms with van der Waals surface area (Å²) in [5.41, 5.74) is -6.19. The Labute approximate surface area is 362 Å². The lowest BCUT2D eigenvalue weighted by atomic mass is 9.80. The number of aromatic nitrogens is 1. The number of hydrogen-bond donors (Lipinski definition) is 6. The molecule has 332 valence electrons. The predicted molar refractivity (Wildman–Crippen MR) is 224 cm³/mol. The molecule has 0 radical (unpaired) electrons. The molecule has 0 spiro atoms. The molecule has 0 amide bonds. The summed E-state index contributed by atoms with van der Waals surface area (Å²) < 4.78 is 165. The number of ketones is 3.